The summed E-state index contributed by atoms with van der Waals surface area (Å²) in [6.07, 6.45) is 1.90. The molecule has 1 amide bonds. The third-order valence-electron chi connectivity index (χ3n) is 4.10. The molecule has 0 bridgehead atoms. The molecule has 2 aromatic carbocycles. The van der Waals surface area contributed by atoms with Crippen LogP contribution in [0.4, 0.5) is 5.69 Å². The molecule has 1 N–H and O–H groups in total. The summed E-state index contributed by atoms with van der Waals surface area (Å²) in [7, 11) is -3.58. The largest absolute Gasteiger partial charge is 0.354 e. The Bertz CT molecular complexity index is 895. The number of carbonyl (C=O) groups excluding carboxylic acids is 1. The topological polar surface area (TPSA) is 66.5 Å². The Morgan fingerprint density at radius 2 is 1.71 bits per heavy atom. The first-order valence-corrected chi connectivity index (χ1v) is 12.1. The predicted octanol–water partition coefficient (Wildman–Crippen LogP) is 4.02. The van der Waals surface area contributed by atoms with Gasteiger partial charge in [-0.2, -0.15) is 0 Å². The summed E-state index contributed by atoms with van der Waals surface area (Å²) in [5.74, 6) is 0.527. The van der Waals surface area contributed by atoms with Crippen LogP contribution < -0.4 is 9.62 Å². The van der Waals surface area contributed by atoms with Crippen molar-refractivity contribution in [3.05, 3.63) is 58.6 Å². The SMILES string of the molecule is Cc1cccc(C)c1N(CC(=O)NCCCSc1ccc(Cl)cc1)S(C)(=O)=O. The Labute approximate surface area is 176 Å². The van der Waals surface area contributed by atoms with E-state index in [2.05, 4.69) is 5.32 Å². The van der Waals surface area contributed by atoms with Crippen LogP contribution in [0.15, 0.2) is 47.4 Å². The van der Waals surface area contributed by atoms with Crippen molar-refractivity contribution in [3.8, 4) is 0 Å². The third kappa shape index (κ3) is 6.72. The number of thioether (sulfide) groups is 1. The van der Waals surface area contributed by atoms with E-state index in [1.165, 1.54) is 4.31 Å². The van der Waals surface area contributed by atoms with Crippen molar-refractivity contribution < 1.29 is 13.2 Å². The maximum Gasteiger partial charge on any atom is 0.240 e. The molecule has 0 radical (unpaired) electrons. The molecule has 152 valence electrons. The van der Waals surface area contributed by atoms with Gasteiger partial charge in [-0.3, -0.25) is 9.10 Å². The van der Waals surface area contributed by atoms with E-state index in [9.17, 15) is 13.2 Å². The number of halogens is 1. The van der Waals surface area contributed by atoms with E-state index in [1.54, 1.807) is 11.8 Å². The Balaban J connectivity index is 1.88. The van der Waals surface area contributed by atoms with E-state index < -0.39 is 10.0 Å². The minimum Gasteiger partial charge on any atom is -0.354 e. The summed E-state index contributed by atoms with van der Waals surface area (Å²) in [5.41, 5.74) is 2.20. The maximum absolute atomic E-state index is 12.3. The number of rotatable bonds is 9. The van der Waals surface area contributed by atoms with Crippen LogP contribution >= 0.6 is 23.4 Å². The van der Waals surface area contributed by atoms with Crippen molar-refractivity contribution in [2.75, 3.05) is 29.4 Å². The average Bonchev–Trinajstić information content (AvgIpc) is 2.61. The monoisotopic (exact) mass is 440 g/mol. The minimum atomic E-state index is -3.58. The molecule has 0 aliphatic carbocycles. The summed E-state index contributed by atoms with van der Waals surface area (Å²) < 4.78 is 25.7. The molecule has 0 heterocycles. The highest BCUT2D eigenvalue weighted by Gasteiger charge is 2.23. The molecule has 8 heteroatoms. The molecule has 0 saturated heterocycles. The molecule has 0 unspecified atom stereocenters. The molecular weight excluding hydrogens is 416 g/mol. The van der Waals surface area contributed by atoms with E-state index in [0.29, 0.717) is 17.3 Å². The van der Waals surface area contributed by atoms with Gasteiger partial charge in [0.05, 0.1) is 11.9 Å². The number of nitrogens with zero attached hydrogens (tertiary/aromatic N) is 1. The highest BCUT2D eigenvalue weighted by Crippen LogP contribution is 2.26. The number of hydrogen-bond acceptors (Lipinski definition) is 4. The smallest absolute Gasteiger partial charge is 0.240 e. The summed E-state index contributed by atoms with van der Waals surface area (Å²) in [4.78, 5) is 13.4. The second-order valence-electron chi connectivity index (χ2n) is 6.52. The fourth-order valence-electron chi connectivity index (χ4n) is 2.77. The van der Waals surface area contributed by atoms with Gasteiger partial charge in [0.15, 0.2) is 0 Å². The number of aryl methyl sites for hydroxylation is 2. The zero-order chi connectivity index (χ0) is 20.7. The summed E-state index contributed by atoms with van der Waals surface area (Å²) in [6, 6.07) is 13.2. The molecule has 0 aromatic heterocycles. The third-order valence-corrected chi connectivity index (χ3v) is 6.56. The van der Waals surface area contributed by atoms with E-state index in [-0.39, 0.29) is 12.5 Å². The van der Waals surface area contributed by atoms with Crippen molar-refractivity contribution in [1.29, 1.82) is 0 Å². The molecule has 0 fully saturated rings. The number of hydrogen-bond donors (Lipinski definition) is 1. The van der Waals surface area contributed by atoms with E-state index in [0.717, 1.165) is 34.5 Å². The van der Waals surface area contributed by atoms with Gasteiger partial charge in [-0.15, -0.1) is 11.8 Å². The number of benzene rings is 2. The van der Waals surface area contributed by atoms with Crippen LogP contribution in [-0.4, -0.2) is 39.4 Å². The first-order chi connectivity index (χ1) is 13.2. The first kappa shape index (κ1) is 22.6. The molecule has 0 atom stereocenters. The second kappa shape index (κ2) is 10.2. The van der Waals surface area contributed by atoms with Crippen molar-refractivity contribution >= 4 is 45.0 Å². The first-order valence-electron chi connectivity index (χ1n) is 8.87. The standard InChI is InChI=1S/C20H25ClN2O3S2/c1-15-6-4-7-16(2)20(15)23(28(3,25)26)14-19(24)22-12-5-13-27-18-10-8-17(21)9-11-18/h4,6-11H,5,12-14H2,1-3H3,(H,22,24). The van der Waals surface area contributed by atoms with Gasteiger partial charge in [0, 0.05) is 16.5 Å². The fraction of sp³-hybridized carbons (Fsp3) is 0.350. The Morgan fingerprint density at radius 1 is 1.11 bits per heavy atom. The second-order valence-corrected chi connectivity index (χ2v) is 10.0. The predicted molar refractivity (Wildman–Crippen MR) is 118 cm³/mol. The van der Waals surface area contributed by atoms with Crippen LogP contribution in [0.5, 0.6) is 0 Å². The van der Waals surface area contributed by atoms with Crippen LogP contribution in [0, 0.1) is 13.8 Å². The Hall–Kier alpha value is -1.70. The lowest BCUT2D eigenvalue weighted by molar-refractivity contribution is -0.119. The summed E-state index contributed by atoms with van der Waals surface area (Å²) in [5, 5.41) is 3.51. The number of sulfonamides is 1. The van der Waals surface area contributed by atoms with Crippen molar-refractivity contribution in [2.24, 2.45) is 0 Å². The summed E-state index contributed by atoms with van der Waals surface area (Å²) in [6.45, 7) is 3.94. The van der Waals surface area contributed by atoms with Gasteiger partial charge in [-0.25, -0.2) is 8.42 Å². The van der Waals surface area contributed by atoms with Crippen LogP contribution in [0.2, 0.25) is 5.02 Å². The van der Waals surface area contributed by atoms with Gasteiger partial charge in [-0.1, -0.05) is 29.8 Å². The molecule has 0 spiro atoms. The number of anilines is 1. The van der Waals surface area contributed by atoms with E-state index in [1.807, 2.05) is 56.3 Å². The van der Waals surface area contributed by atoms with Gasteiger partial charge in [0.25, 0.3) is 0 Å². The number of para-hydroxylation sites is 1. The normalized spacial score (nSPS) is 11.3. The number of nitrogens with one attached hydrogen (secondary N) is 1. The fourth-order valence-corrected chi connectivity index (χ4v) is 4.72. The minimum absolute atomic E-state index is 0.227. The maximum atomic E-state index is 12.3. The lowest BCUT2D eigenvalue weighted by atomic mass is 10.1. The van der Waals surface area contributed by atoms with Crippen LogP contribution in [0.25, 0.3) is 0 Å². The van der Waals surface area contributed by atoms with Crippen LogP contribution in [-0.2, 0) is 14.8 Å². The zero-order valence-electron chi connectivity index (χ0n) is 16.2. The van der Waals surface area contributed by atoms with E-state index >= 15 is 0 Å². The van der Waals surface area contributed by atoms with Crippen LogP contribution in [0.3, 0.4) is 0 Å². The van der Waals surface area contributed by atoms with Gasteiger partial charge in [0.1, 0.15) is 6.54 Å². The highest BCUT2D eigenvalue weighted by molar-refractivity contribution is 7.99. The van der Waals surface area contributed by atoms with Gasteiger partial charge < -0.3 is 5.32 Å². The molecule has 0 aliphatic heterocycles. The van der Waals surface area contributed by atoms with Crippen LogP contribution in [0.1, 0.15) is 17.5 Å². The number of carbonyl (C=O) groups is 1. The molecule has 0 aliphatic rings. The van der Waals surface area contributed by atoms with Crippen molar-refractivity contribution in [2.45, 2.75) is 25.2 Å². The Kier molecular flexibility index (Phi) is 8.22. The lowest BCUT2D eigenvalue weighted by Crippen LogP contribution is -2.41. The van der Waals surface area contributed by atoms with Crippen molar-refractivity contribution in [1.82, 2.24) is 5.32 Å². The quantitative estimate of drug-likeness (QED) is 0.472. The van der Waals surface area contributed by atoms with Gasteiger partial charge in [-0.05, 0) is 61.4 Å². The van der Waals surface area contributed by atoms with Gasteiger partial charge >= 0.3 is 0 Å². The molecular formula is C20H25ClN2O3S2. The zero-order valence-corrected chi connectivity index (χ0v) is 18.6. The number of amides is 1. The molecule has 0 saturated carbocycles. The average molecular weight is 441 g/mol. The van der Waals surface area contributed by atoms with E-state index in [4.69, 9.17) is 11.6 Å². The molecule has 2 aromatic rings. The molecule has 5 nitrogen and oxygen atoms in total. The van der Waals surface area contributed by atoms with Crippen molar-refractivity contribution in [3.63, 3.8) is 0 Å². The Morgan fingerprint density at radius 3 is 2.29 bits per heavy atom. The molecule has 28 heavy (non-hydrogen) atoms. The summed E-state index contributed by atoms with van der Waals surface area (Å²) >= 11 is 7.55. The highest BCUT2D eigenvalue weighted by atomic mass is 35.5. The molecule has 2 rings (SSSR count). The van der Waals surface area contributed by atoms with Gasteiger partial charge in [0.2, 0.25) is 15.9 Å². The lowest BCUT2D eigenvalue weighted by Gasteiger charge is -2.25.